The number of urea groups is 1. The topological polar surface area (TPSA) is 82.7 Å². The van der Waals surface area contributed by atoms with Crippen LogP contribution in [0.4, 0.5) is 16.2 Å². The molecule has 0 unspecified atom stereocenters. The minimum atomic E-state index is -0.241. The van der Waals surface area contributed by atoms with Crippen LogP contribution in [0.3, 0.4) is 0 Å². The molecule has 1 aromatic carbocycles. The summed E-state index contributed by atoms with van der Waals surface area (Å²) in [6, 6.07) is 5.37. The van der Waals surface area contributed by atoms with Crippen LogP contribution in [0.2, 0.25) is 0 Å². The van der Waals surface area contributed by atoms with Gasteiger partial charge in [-0.1, -0.05) is 13.3 Å². The van der Waals surface area contributed by atoms with Crippen molar-refractivity contribution in [3.05, 3.63) is 23.8 Å². The van der Waals surface area contributed by atoms with E-state index in [1.807, 2.05) is 12.1 Å². The fourth-order valence-corrected chi connectivity index (χ4v) is 3.87. The molecule has 0 bridgehead atoms. The van der Waals surface area contributed by atoms with Crippen LogP contribution in [0.25, 0.3) is 0 Å². The van der Waals surface area contributed by atoms with E-state index in [1.54, 1.807) is 6.07 Å². The van der Waals surface area contributed by atoms with Gasteiger partial charge in [0.1, 0.15) is 0 Å². The summed E-state index contributed by atoms with van der Waals surface area (Å²) < 4.78 is 5.62. The lowest BCUT2D eigenvalue weighted by molar-refractivity contribution is 0.0858. The third kappa shape index (κ3) is 6.35. The smallest absolute Gasteiger partial charge is 0.319 e. The molecule has 7 heteroatoms. The summed E-state index contributed by atoms with van der Waals surface area (Å²) in [4.78, 5) is 27.4. The van der Waals surface area contributed by atoms with Crippen molar-refractivity contribution in [3.8, 4) is 0 Å². The van der Waals surface area contributed by atoms with E-state index in [1.165, 1.54) is 6.42 Å². The molecule has 0 aromatic heterocycles. The van der Waals surface area contributed by atoms with Crippen molar-refractivity contribution in [2.24, 2.45) is 0 Å². The quantitative estimate of drug-likeness (QED) is 0.581. The summed E-state index contributed by atoms with van der Waals surface area (Å²) in [5.74, 6) is -0.115. The highest BCUT2D eigenvalue weighted by atomic mass is 16.5. The predicted molar refractivity (Wildman–Crippen MR) is 116 cm³/mol. The summed E-state index contributed by atoms with van der Waals surface area (Å²) >= 11 is 0. The van der Waals surface area contributed by atoms with E-state index in [9.17, 15) is 9.59 Å². The molecule has 2 heterocycles. The van der Waals surface area contributed by atoms with E-state index in [-0.39, 0.29) is 18.0 Å². The molecule has 2 aliphatic rings. The van der Waals surface area contributed by atoms with Crippen LogP contribution in [0, 0.1) is 0 Å². The second-order valence-corrected chi connectivity index (χ2v) is 7.86. The number of nitrogens with zero attached hydrogens (tertiary/aromatic N) is 1. The molecule has 3 amide bonds. The number of carbonyl (C=O) groups is 2. The summed E-state index contributed by atoms with van der Waals surface area (Å²) in [6.07, 6.45) is 7.61. The van der Waals surface area contributed by atoms with Crippen molar-refractivity contribution in [3.63, 3.8) is 0 Å². The van der Waals surface area contributed by atoms with Crippen molar-refractivity contribution >= 4 is 23.3 Å². The third-order valence-electron chi connectivity index (χ3n) is 5.53. The van der Waals surface area contributed by atoms with Crippen LogP contribution in [0.5, 0.6) is 0 Å². The number of piperidine rings is 1. The van der Waals surface area contributed by atoms with Gasteiger partial charge in [0.25, 0.3) is 5.91 Å². The highest BCUT2D eigenvalue weighted by Crippen LogP contribution is 2.27. The Morgan fingerprint density at radius 3 is 2.69 bits per heavy atom. The first kappa shape index (κ1) is 21.4. The molecule has 0 spiro atoms. The SMILES string of the molecule is CCCCNC(=O)Nc1ccc(N2CCCCC2)c(C(=O)NC[C@@H]2CCCO2)c1. The highest BCUT2D eigenvalue weighted by molar-refractivity contribution is 6.02. The molecule has 7 nitrogen and oxygen atoms in total. The zero-order chi connectivity index (χ0) is 20.5. The van der Waals surface area contributed by atoms with E-state index in [4.69, 9.17) is 4.74 Å². The monoisotopic (exact) mass is 402 g/mol. The minimum Gasteiger partial charge on any atom is -0.376 e. The van der Waals surface area contributed by atoms with E-state index in [0.717, 1.165) is 63.9 Å². The van der Waals surface area contributed by atoms with Gasteiger partial charge in [0.2, 0.25) is 0 Å². The Morgan fingerprint density at radius 1 is 1.14 bits per heavy atom. The first-order chi connectivity index (χ1) is 14.2. The third-order valence-corrected chi connectivity index (χ3v) is 5.53. The van der Waals surface area contributed by atoms with Gasteiger partial charge in [-0.3, -0.25) is 4.79 Å². The van der Waals surface area contributed by atoms with Gasteiger partial charge < -0.3 is 25.6 Å². The molecular weight excluding hydrogens is 368 g/mol. The Morgan fingerprint density at radius 2 is 1.97 bits per heavy atom. The van der Waals surface area contributed by atoms with Gasteiger partial charge >= 0.3 is 6.03 Å². The molecular formula is C22H34N4O3. The molecule has 1 aromatic rings. The van der Waals surface area contributed by atoms with Crippen molar-refractivity contribution < 1.29 is 14.3 Å². The van der Waals surface area contributed by atoms with Gasteiger partial charge in [-0.2, -0.15) is 0 Å². The second-order valence-electron chi connectivity index (χ2n) is 7.86. The maximum Gasteiger partial charge on any atom is 0.319 e. The van der Waals surface area contributed by atoms with E-state index < -0.39 is 0 Å². The van der Waals surface area contributed by atoms with Gasteiger partial charge in [0, 0.05) is 44.2 Å². The summed E-state index contributed by atoms with van der Waals surface area (Å²) in [6.45, 7) is 5.93. The molecule has 2 fully saturated rings. The molecule has 29 heavy (non-hydrogen) atoms. The summed E-state index contributed by atoms with van der Waals surface area (Å²) in [5, 5.41) is 8.72. The Hall–Kier alpha value is -2.28. The standard InChI is InChI=1S/C22H34N4O3/c1-2-3-11-23-22(28)25-17-9-10-20(26-12-5-4-6-13-26)19(15-17)21(27)24-16-18-8-7-14-29-18/h9-10,15,18H,2-8,11-14,16H2,1H3,(H,24,27)(H2,23,25,28)/t18-/m0/s1. The number of benzene rings is 1. The number of hydrogen-bond donors (Lipinski definition) is 3. The number of unbranched alkanes of at least 4 members (excludes halogenated alkanes) is 1. The van der Waals surface area contributed by atoms with Crippen LogP contribution in [-0.4, -0.2) is 50.8 Å². The van der Waals surface area contributed by atoms with Crippen molar-refractivity contribution in [1.29, 1.82) is 0 Å². The lowest BCUT2D eigenvalue weighted by atomic mass is 10.1. The maximum atomic E-state index is 13.0. The second kappa shape index (κ2) is 11.0. The van der Waals surface area contributed by atoms with Crippen LogP contribution < -0.4 is 20.9 Å². The fraction of sp³-hybridized carbons (Fsp3) is 0.636. The Balaban J connectivity index is 1.71. The lowest BCUT2D eigenvalue weighted by Crippen LogP contribution is -2.35. The fourth-order valence-electron chi connectivity index (χ4n) is 3.87. The average molecular weight is 403 g/mol. The normalized spacial score (nSPS) is 19.1. The number of amides is 3. The average Bonchev–Trinajstić information content (AvgIpc) is 3.26. The zero-order valence-corrected chi connectivity index (χ0v) is 17.5. The summed E-state index contributed by atoms with van der Waals surface area (Å²) in [5.41, 5.74) is 2.17. The minimum absolute atomic E-state index is 0.100. The predicted octanol–water partition coefficient (Wildman–Crippen LogP) is 3.51. The highest BCUT2D eigenvalue weighted by Gasteiger charge is 2.21. The summed E-state index contributed by atoms with van der Waals surface area (Å²) in [7, 11) is 0. The molecule has 2 saturated heterocycles. The number of carbonyl (C=O) groups excluding carboxylic acids is 2. The zero-order valence-electron chi connectivity index (χ0n) is 17.5. The number of anilines is 2. The largest absolute Gasteiger partial charge is 0.376 e. The van der Waals surface area contributed by atoms with Gasteiger partial charge in [-0.05, 0) is 56.7 Å². The molecule has 1 atom stereocenters. The lowest BCUT2D eigenvalue weighted by Gasteiger charge is -2.30. The van der Waals surface area contributed by atoms with Gasteiger partial charge in [0.05, 0.1) is 11.7 Å². The van der Waals surface area contributed by atoms with Crippen molar-refractivity contribution in [1.82, 2.24) is 10.6 Å². The number of nitrogens with one attached hydrogen (secondary N) is 3. The van der Waals surface area contributed by atoms with Crippen molar-refractivity contribution in [2.75, 3.05) is 43.0 Å². The molecule has 0 aliphatic carbocycles. The molecule has 3 rings (SSSR count). The first-order valence-electron chi connectivity index (χ1n) is 11.0. The Labute approximate surface area is 173 Å². The van der Waals surface area contributed by atoms with Crippen LogP contribution >= 0.6 is 0 Å². The van der Waals surface area contributed by atoms with Crippen LogP contribution in [0.1, 0.15) is 62.2 Å². The molecule has 2 aliphatic heterocycles. The van der Waals surface area contributed by atoms with Gasteiger partial charge in [-0.15, -0.1) is 0 Å². The number of ether oxygens (including phenoxy) is 1. The van der Waals surface area contributed by atoms with E-state index in [0.29, 0.717) is 24.3 Å². The number of rotatable bonds is 8. The van der Waals surface area contributed by atoms with Gasteiger partial charge in [-0.25, -0.2) is 4.79 Å². The first-order valence-corrected chi connectivity index (χ1v) is 11.0. The number of hydrogen-bond acceptors (Lipinski definition) is 4. The van der Waals surface area contributed by atoms with Crippen LogP contribution in [0.15, 0.2) is 18.2 Å². The maximum absolute atomic E-state index is 13.0. The van der Waals surface area contributed by atoms with Crippen molar-refractivity contribution in [2.45, 2.75) is 58.0 Å². The molecule has 0 saturated carbocycles. The molecule has 0 radical (unpaired) electrons. The van der Waals surface area contributed by atoms with Gasteiger partial charge in [0.15, 0.2) is 0 Å². The van der Waals surface area contributed by atoms with E-state index in [2.05, 4.69) is 27.8 Å². The van der Waals surface area contributed by atoms with E-state index >= 15 is 0 Å². The van der Waals surface area contributed by atoms with Crippen LogP contribution in [-0.2, 0) is 4.74 Å². The molecule has 3 N–H and O–H groups in total. The Bertz CT molecular complexity index is 683. The molecule has 160 valence electrons. The Kier molecular flexibility index (Phi) is 8.16.